The van der Waals surface area contributed by atoms with Gasteiger partial charge in [-0.15, -0.1) is 24.0 Å². The first-order valence-electron chi connectivity index (χ1n) is 9.21. The van der Waals surface area contributed by atoms with E-state index in [-0.39, 0.29) is 30.1 Å². The van der Waals surface area contributed by atoms with E-state index in [0.717, 1.165) is 51.5 Å². The lowest BCUT2D eigenvalue weighted by molar-refractivity contribution is 0.0185. The van der Waals surface area contributed by atoms with Crippen LogP contribution in [0, 0.1) is 11.8 Å². The quantitative estimate of drug-likeness (QED) is 0.369. The number of ether oxygens (including phenoxy) is 1. The number of piperidine rings is 1. The van der Waals surface area contributed by atoms with E-state index in [0.29, 0.717) is 11.8 Å². The number of likely N-dealkylation sites (tertiary alicyclic amines) is 1. The van der Waals surface area contributed by atoms with Crippen molar-refractivity contribution in [3.8, 4) is 0 Å². The SMILES string of the molecule is CCNC(=NCC(C)C)NCC1CCN(C(=O)OC(C)(C)C)CC1.I. The van der Waals surface area contributed by atoms with E-state index in [9.17, 15) is 4.79 Å². The predicted molar refractivity (Wildman–Crippen MR) is 115 cm³/mol. The van der Waals surface area contributed by atoms with Crippen molar-refractivity contribution in [3.05, 3.63) is 0 Å². The van der Waals surface area contributed by atoms with Crippen molar-refractivity contribution in [1.29, 1.82) is 0 Å². The van der Waals surface area contributed by atoms with Gasteiger partial charge in [0.15, 0.2) is 5.96 Å². The van der Waals surface area contributed by atoms with Crippen LogP contribution in [0.2, 0.25) is 0 Å². The first-order chi connectivity index (χ1) is 11.2. The third-order valence-corrected chi connectivity index (χ3v) is 3.78. The van der Waals surface area contributed by atoms with Gasteiger partial charge >= 0.3 is 6.09 Å². The monoisotopic (exact) mass is 468 g/mol. The molecule has 1 rings (SSSR count). The molecule has 0 saturated carbocycles. The minimum atomic E-state index is -0.427. The molecule has 0 aromatic rings. The highest BCUT2D eigenvalue weighted by molar-refractivity contribution is 14.0. The maximum absolute atomic E-state index is 12.1. The van der Waals surface area contributed by atoms with Gasteiger partial charge in [0, 0.05) is 32.7 Å². The Morgan fingerprint density at radius 1 is 1.24 bits per heavy atom. The molecule has 6 nitrogen and oxygen atoms in total. The van der Waals surface area contributed by atoms with Crippen LogP contribution < -0.4 is 10.6 Å². The van der Waals surface area contributed by atoms with Crippen LogP contribution in [0.3, 0.4) is 0 Å². The summed E-state index contributed by atoms with van der Waals surface area (Å²) in [6.45, 7) is 16.2. The van der Waals surface area contributed by atoms with E-state index in [2.05, 4.69) is 36.4 Å². The summed E-state index contributed by atoms with van der Waals surface area (Å²) in [5.41, 5.74) is -0.427. The molecule has 0 atom stereocenters. The number of hydrogen-bond acceptors (Lipinski definition) is 3. The molecule has 0 aromatic carbocycles. The maximum Gasteiger partial charge on any atom is 0.410 e. The van der Waals surface area contributed by atoms with Crippen molar-refractivity contribution < 1.29 is 9.53 Å². The van der Waals surface area contributed by atoms with Gasteiger partial charge in [0.25, 0.3) is 0 Å². The molecule has 0 unspecified atom stereocenters. The van der Waals surface area contributed by atoms with Crippen LogP contribution in [-0.2, 0) is 4.74 Å². The van der Waals surface area contributed by atoms with E-state index < -0.39 is 5.60 Å². The van der Waals surface area contributed by atoms with Crippen molar-refractivity contribution in [2.45, 2.75) is 60.0 Å². The van der Waals surface area contributed by atoms with Crippen LogP contribution >= 0.6 is 24.0 Å². The van der Waals surface area contributed by atoms with Crippen LogP contribution in [-0.4, -0.2) is 55.3 Å². The van der Waals surface area contributed by atoms with Crippen molar-refractivity contribution in [2.24, 2.45) is 16.8 Å². The third kappa shape index (κ3) is 10.8. The number of hydrogen-bond donors (Lipinski definition) is 2. The Bertz CT molecular complexity index is 414. The van der Waals surface area contributed by atoms with Gasteiger partial charge in [-0.25, -0.2) is 4.79 Å². The molecule has 1 amide bonds. The zero-order chi connectivity index (χ0) is 18.2. The van der Waals surface area contributed by atoms with Gasteiger partial charge in [0.2, 0.25) is 0 Å². The molecule has 0 aromatic heterocycles. The molecule has 1 aliphatic heterocycles. The average Bonchev–Trinajstić information content (AvgIpc) is 2.48. The van der Waals surface area contributed by atoms with E-state index in [4.69, 9.17) is 4.74 Å². The van der Waals surface area contributed by atoms with Gasteiger partial charge in [-0.05, 0) is 52.4 Å². The molecule has 1 fully saturated rings. The molecule has 7 heteroatoms. The van der Waals surface area contributed by atoms with Crippen molar-refractivity contribution in [2.75, 3.05) is 32.7 Å². The molecule has 0 spiro atoms. The molecule has 1 aliphatic rings. The summed E-state index contributed by atoms with van der Waals surface area (Å²) < 4.78 is 5.44. The summed E-state index contributed by atoms with van der Waals surface area (Å²) in [5.74, 6) is 2.00. The van der Waals surface area contributed by atoms with Crippen molar-refractivity contribution in [1.82, 2.24) is 15.5 Å². The highest BCUT2D eigenvalue weighted by Gasteiger charge is 2.26. The normalized spacial score (nSPS) is 16.4. The highest BCUT2D eigenvalue weighted by Crippen LogP contribution is 2.19. The van der Waals surface area contributed by atoms with Gasteiger partial charge in [0.1, 0.15) is 5.60 Å². The van der Waals surface area contributed by atoms with E-state index >= 15 is 0 Å². The summed E-state index contributed by atoms with van der Waals surface area (Å²) in [7, 11) is 0. The summed E-state index contributed by atoms with van der Waals surface area (Å²) in [6.07, 6.45) is 1.80. The van der Waals surface area contributed by atoms with Gasteiger partial charge in [-0.2, -0.15) is 0 Å². The van der Waals surface area contributed by atoms with Gasteiger partial charge in [-0.1, -0.05) is 13.8 Å². The summed E-state index contributed by atoms with van der Waals surface area (Å²) >= 11 is 0. The van der Waals surface area contributed by atoms with E-state index in [1.54, 1.807) is 0 Å². The molecule has 0 bridgehead atoms. The Morgan fingerprint density at radius 3 is 2.32 bits per heavy atom. The Morgan fingerprint density at radius 2 is 1.84 bits per heavy atom. The fourth-order valence-electron chi connectivity index (χ4n) is 2.50. The standard InChI is InChI=1S/C18H36N4O2.HI/c1-7-19-16(20-12-14(2)3)21-13-15-8-10-22(11-9-15)17(23)24-18(4,5)6;/h14-15H,7-13H2,1-6H3,(H2,19,20,21);1H. The zero-order valence-electron chi connectivity index (χ0n) is 16.7. The first kappa shape index (κ1) is 24.3. The highest BCUT2D eigenvalue weighted by atomic mass is 127. The molecule has 0 aliphatic carbocycles. The Balaban J connectivity index is 0.00000576. The van der Waals surface area contributed by atoms with E-state index in [1.165, 1.54) is 0 Å². The van der Waals surface area contributed by atoms with Crippen molar-refractivity contribution >= 4 is 36.0 Å². The van der Waals surface area contributed by atoms with Crippen LogP contribution in [0.25, 0.3) is 0 Å². The number of nitrogens with one attached hydrogen (secondary N) is 2. The minimum absolute atomic E-state index is 0. The number of rotatable bonds is 5. The van der Waals surface area contributed by atoms with Gasteiger partial charge in [0.05, 0.1) is 0 Å². The van der Waals surface area contributed by atoms with Crippen molar-refractivity contribution in [3.63, 3.8) is 0 Å². The summed E-state index contributed by atoms with van der Waals surface area (Å²) in [4.78, 5) is 18.5. The molecule has 0 radical (unpaired) electrons. The summed E-state index contributed by atoms with van der Waals surface area (Å²) in [6, 6.07) is 0. The van der Waals surface area contributed by atoms with Crippen LogP contribution in [0.5, 0.6) is 0 Å². The third-order valence-electron chi connectivity index (χ3n) is 3.78. The number of guanidine groups is 1. The lowest BCUT2D eigenvalue weighted by atomic mass is 9.97. The van der Waals surface area contributed by atoms with E-state index in [1.807, 2.05) is 25.7 Å². The number of carbonyl (C=O) groups excluding carboxylic acids is 1. The van der Waals surface area contributed by atoms with Gasteiger partial charge in [-0.3, -0.25) is 4.99 Å². The number of nitrogens with zero attached hydrogens (tertiary/aromatic N) is 2. The largest absolute Gasteiger partial charge is 0.444 e. The Hall–Kier alpha value is -0.730. The fourth-order valence-corrected chi connectivity index (χ4v) is 2.50. The van der Waals surface area contributed by atoms with Crippen LogP contribution in [0.1, 0.15) is 54.4 Å². The second kappa shape index (κ2) is 11.8. The summed E-state index contributed by atoms with van der Waals surface area (Å²) in [5, 5.41) is 6.72. The maximum atomic E-state index is 12.1. The molecular weight excluding hydrogens is 431 g/mol. The molecule has 1 heterocycles. The van der Waals surface area contributed by atoms with Gasteiger partial charge < -0.3 is 20.3 Å². The predicted octanol–water partition coefficient (Wildman–Crippen LogP) is 3.46. The zero-order valence-corrected chi connectivity index (χ0v) is 19.1. The first-order valence-corrected chi connectivity index (χ1v) is 9.21. The smallest absolute Gasteiger partial charge is 0.410 e. The lowest BCUT2D eigenvalue weighted by Gasteiger charge is -2.33. The molecule has 1 saturated heterocycles. The number of carbonyl (C=O) groups is 1. The van der Waals surface area contributed by atoms with Crippen LogP contribution in [0.15, 0.2) is 4.99 Å². The lowest BCUT2D eigenvalue weighted by Crippen LogP contribution is -2.45. The second-order valence-corrected chi connectivity index (χ2v) is 7.91. The number of amides is 1. The Labute approximate surface area is 170 Å². The second-order valence-electron chi connectivity index (χ2n) is 7.91. The average molecular weight is 468 g/mol. The topological polar surface area (TPSA) is 66.0 Å². The Kier molecular flexibility index (Phi) is 11.5. The number of halogens is 1. The number of aliphatic imine (C=N–C) groups is 1. The molecule has 2 N–H and O–H groups in total. The fraction of sp³-hybridized carbons (Fsp3) is 0.889. The molecule has 148 valence electrons. The minimum Gasteiger partial charge on any atom is -0.444 e. The van der Waals surface area contributed by atoms with Crippen LogP contribution in [0.4, 0.5) is 4.79 Å². The molecular formula is C18H37IN4O2. The molecule has 25 heavy (non-hydrogen) atoms.